The maximum absolute atomic E-state index is 12.2. The molecule has 0 amide bonds. The maximum atomic E-state index is 12.2. The van der Waals surface area contributed by atoms with Crippen LogP contribution in [-0.4, -0.2) is 5.97 Å². The van der Waals surface area contributed by atoms with E-state index < -0.39 is 6.10 Å². The molecule has 0 aliphatic heterocycles. The van der Waals surface area contributed by atoms with E-state index in [1.165, 1.54) is 0 Å². The van der Waals surface area contributed by atoms with Gasteiger partial charge >= 0.3 is 5.97 Å². The minimum atomic E-state index is -0.457. The summed E-state index contributed by atoms with van der Waals surface area (Å²) in [5.41, 5.74) is 5.03. The van der Waals surface area contributed by atoms with Crippen LogP contribution >= 0.6 is 0 Å². The fraction of sp³-hybridized carbons (Fsp3) is 0.111. The van der Waals surface area contributed by atoms with E-state index in [4.69, 9.17) is 4.74 Å². The highest BCUT2D eigenvalue weighted by atomic mass is 16.5. The Kier molecular flexibility index (Phi) is 4.54. The molecule has 1 unspecified atom stereocenters. The number of carbonyl (C=O) groups excluding carboxylic acids is 1. The highest BCUT2D eigenvalue weighted by Crippen LogP contribution is 2.25. The summed E-state index contributed by atoms with van der Waals surface area (Å²) >= 11 is 0. The summed E-state index contributed by atoms with van der Waals surface area (Å²) in [6.45, 7) is 5.48. The summed E-state index contributed by atoms with van der Waals surface area (Å²) in [4.78, 5) is 12.2. The summed E-state index contributed by atoms with van der Waals surface area (Å²) in [6.07, 6.45) is -0.457. The zero-order chi connectivity index (χ0) is 14.4. The number of hydrogen-bond acceptors (Lipinski definition) is 2. The average Bonchev–Trinajstić information content (AvgIpc) is 2.53. The summed E-state index contributed by atoms with van der Waals surface area (Å²) in [7, 11) is 0. The molecule has 0 aromatic heterocycles. The molecule has 0 saturated carbocycles. The lowest BCUT2D eigenvalue weighted by Gasteiger charge is -2.18. The number of esters is 1. The largest absolute Gasteiger partial charge is 0.449 e. The van der Waals surface area contributed by atoms with Gasteiger partial charge in [0, 0.05) is 5.57 Å². The van der Waals surface area contributed by atoms with Gasteiger partial charge in [-0.15, -0.1) is 5.73 Å². The van der Waals surface area contributed by atoms with Gasteiger partial charge in [0.25, 0.3) is 0 Å². The van der Waals surface area contributed by atoms with Crippen LogP contribution in [0.25, 0.3) is 0 Å². The molecular formula is C18H16O2. The second-order valence-electron chi connectivity index (χ2n) is 4.42. The van der Waals surface area contributed by atoms with Crippen LogP contribution in [0.1, 0.15) is 28.9 Å². The molecule has 2 aromatic rings. The summed E-state index contributed by atoms with van der Waals surface area (Å²) in [6, 6.07) is 18.5. The third-order valence-electron chi connectivity index (χ3n) is 3.01. The first-order valence-electron chi connectivity index (χ1n) is 6.40. The molecule has 1 atom stereocenters. The molecule has 2 nitrogen and oxygen atoms in total. The number of rotatable bonds is 4. The average molecular weight is 264 g/mol. The van der Waals surface area contributed by atoms with Gasteiger partial charge in [-0.25, -0.2) is 4.79 Å². The van der Waals surface area contributed by atoms with E-state index in [-0.39, 0.29) is 5.97 Å². The Morgan fingerprint density at radius 2 is 1.60 bits per heavy atom. The van der Waals surface area contributed by atoms with Crippen molar-refractivity contribution in [1.82, 2.24) is 0 Å². The highest BCUT2D eigenvalue weighted by molar-refractivity contribution is 5.89. The predicted molar refractivity (Wildman–Crippen MR) is 79.4 cm³/mol. The molecule has 0 radical (unpaired) electrons. The molecule has 2 aromatic carbocycles. The maximum Gasteiger partial charge on any atom is 0.339 e. The Hall–Kier alpha value is -2.57. The van der Waals surface area contributed by atoms with Crippen molar-refractivity contribution in [2.75, 3.05) is 0 Å². The molecule has 0 saturated heterocycles. The monoisotopic (exact) mass is 264 g/mol. The van der Waals surface area contributed by atoms with Crippen LogP contribution in [0.2, 0.25) is 0 Å². The molecule has 2 rings (SSSR count). The van der Waals surface area contributed by atoms with Gasteiger partial charge in [0.15, 0.2) is 6.10 Å². The summed E-state index contributed by atoms with van der Waals surface area (Å²) < 4.78 is 5.60. The molecular weight excluding hydrogens is 248 g/mol. The Balaban J connectivity index is 2.26. The van der Waals surface area contributed by atoms with Crippen LogP contribution in [0, 0.1) is 0 Å². The van der Waals surface area contributed by atoms with Crippen LogP contribution in [0.3, 0.4) is 0 Å². The quantitative estimate of drug-likeness (QED) is 0.607. The fourth-order valence-electron chi connectivity index (χ4n) is 1.88. The Morgan fingerprint density at radius 1 is 1.05 bits per heavy atom. The van der Waals surface area contributed by atoms with Crippen LogP contribution in [0.15, 0.2) is 78.5 Å². The minimum Gasteiger partial charge on any atom is -0.449 e. The van der Waals surface area contributed by atoms with Crippen molar-refractivity contribution in [1.29, 1.82) is 0 Å². The van der Waals surface area contributed by atoms with Gasteiger partial charge in [-0.05, 0) is 24.6 Å². The van der Waals surface area contributed by atoms with E-state index in [0.717, 1.165) is 11.1 Å². The van der Waals surface area contributed by atoms with Crippen molar-refractivity contribution < 1.29 is 9.53 Å². The Bertz CT molecular complexity index is 623. The van der Waals surface area contributed by atoms with Gasteiger partial charge in [0.2, 0.25) is 0 Å². The van der Waals surface area contributed by atoms with Crippen LogP contribution in [-0.2, 0) is 4.74 Å². The summed E-state index contributed by atoms with van der Waals surface area (Å²) in [5, 5.41) is 0. The number of carbonyl (C=O) groups is 1. The number of ether oxygens (including phenoxy) is 1. The van der Waals surface area contributed by atoms with Crippen molar-refractivity contribution in [2.45, 2.75) is 13.0 Å². The minimum absolute atomic E-state index is 0.353. The first-order valence-corrected chi connectivity index (χ1v) is 6.40. The lowest BCUT2D eigenvalue weighted by atomic mass is 10.0. The zero-order valence-electron chi connectivity index (χ0n) is 11.4. The first-order chi connectivity index (χ1) is 9.72. The smallest absolute Gasteiger partial charge is 0.339 e. The SMILES string of the molecule is C=C=C(C)C(OC(=O)c1ccccc1)c1ccccc1. The van der Waals surface area contributed by atoms with Crippen LogP contribution in [0.5, 0.6) is 0 Å². The molecule has 20 heavy (non-hydrogen) atoms. The van der Waals surface area contributed by atoms with Crippen molar-refractivity contribution >= 4 is 5.97 Å². The molecule has 0 N–H and O–H groups in total. The van der Waals surface area contributed by atoms with Gasteiger partial charge in [0.1, 0.15) is 0 Å². The van der Waals surface area contributed by atoms with Crippen LogP contribution in [0.4, 0.5) is 0 Å². The van der Waals surface area contributed by atoms with E-state index in [2.05, 4.69) is 12.3 Å². The molecule has 2 heteroatoms. The normalized spacial score (nSPS) is 11.2. The molecule has 0 fully saturated rings. The predicted octanol–water partition coefficient (Wildman–Crippen LogP) is 4.32. The van der Waals surface area contributed by atoms with Gasteiger partial charge in [-0.1, -0.05) is 55.1 Å². The Labute approximate surface area is 119 Å². The van der Waals surface area contributed by atoms with Crippen molar-refractivity contribution in [2.24, 2.45) is 0 Å². The zero-order valence-corrected chi connectivity index (χ0v) is 11.4. The highest BCUT2D eigenvalue weighted by Gasteiger charge is 2.19. The second-order valence-corrected chi connectivity index (χ2v) is 4.42. The third-order valence-corrected chi connectivity index (χ3v) is 3.01. The summed E-state index contributed by atoms with van der Waals surface area (Å²) in [5.74, 6) is -0.353. The van der Waals surface area contributed by atoms with E-state index in [1.54, 1.807) is 12.1 Å². The lowest BCUT2D eigenvalue weighted by Crippen LogP contribution is -2.12. The van der Waals surface area contributed by atoms with Gasteiger partial charge in [-0.2, -0.15) is 0 Å². The lowest BCUT2D eigenvalue weighted by molar-refractivity contribution is 0.0371. The van der Waals surface area contributed by atoms with E-state index in [9.17, 15) is 4.79 Å². The molecule has 0 aliphatic rings. The molecule has 0 spiro atoms. The van der Waals surface area contributed by atoms with Crippen molar-refractivity contribution in [3.05, 3.63) is 89.7 Å². The Morgan fingerprint density at radius 3 is 2.15 bits per heavy atom. The molecule has 100 valence electrons. The molecule has 0 heterocycles. The number of hydrogen-bond donors (Lipinski definition) is 0. The van der Waals surface area contributed by atoms with Crippen molar-refractivity contribution in [3.8, 4) is 0 Å². The van der Waals surface area contributed by atoms with Gasteiger partial charge in [-0.3, -0.25) is 0 Å². The molecule has 0 bridgehead atoms. The fourth-order valence-corrected chi connectivity index (χ4v) is 1.88. The first kappa shape index (κ1) is 13.9. The van der Waals surface area contributed by atoms with Gasteiger partial charge < -0.3 is 4.74 Å². The third kappa shape index (κ3) is 3.25. The second kappa shape index (κ2) is 6.55. The number of benzene rings is 2. The molecule has 0 aliphatic carbocycles. The van der Waals surface area contributed by atoms with Crippen LogP contribution < -0.4 is 0 Å². The standard InChI is InChI=1S/C18H16O2/c1-3-14(2)17(15-10-6-4-7-11-15)20-18(19)16-12-8-5-9-13-16/h4-13,17H,1H2,2H3. The topological polar surface area (TPSA) is 26.3 Å². The van der Waals surface area contributed by atoms with E-state index in [0.29, 0.717) is 5.56 Å². The van der Waals surface area contributed by atoms with Gasteiger partial charge in [0.05, 0.1) is 5.56 Å². The van der Waals surface area contributed by atoms with E-state index in [1.807, 2.05) is 55.5 Å². The van der Waals surface area contributed by atoms with E-state index >= 15 is 0 Å². The van der Waals surface area contributed by atoms with Crippen molar-refractivity contribution in [3.63, 3.8) is 0 Å².